The molecule has 2 atom stereocenters. The third-order valence-corrected chi connectivity index (χ3v) is 5.25. The summed E-state index contributed by atoms with van der Waals surface area (Å²) in [6, 6.07) is 0.280. The van der Waals surface area contributed by atoms with E-state index in [1.54, 1.807) is 4.31 Å². The Morgan fingerprint density at radius 3 is 2.95 bits per heavy atom. The van der Waals surface area contributed by atoms with Crippen LogP contribution in [0, 0.1) is 5.92 Å². The number of aromatic nitrogens is 2. The van der Waals surface area contributed by atoms with Gasteiger partial charge in [-0.3, -0.25) is 4.68 Å². The highest BCUT2D eigenvalue weighted by molar-refractivity contribution is 7.88. The number of nitrogens with one attached hydrogen (secondary N) is 1. The van der Waals surface area contributed by atoms with Crippen LogP contribution in [0.3, 0.4) is 0 Å². The number of rotatable bonds is 5. The smallest absolute Gasteiger partial charge is 0.211 e. The van der Waals surface area contributed by atoms with Gasteiger partial charge in [-0.25, -0.2) is 12.7 Å². The summed E-state index contributed by atoms with van der Waals surface area (Å²) < 4.78 is 26.7. The van der Waals surface area contributed by atoms with Crippen LogP contribution in [-0.4, -0.2) is 48.9 Å². The molecule has 1 fully saturated rings. The molecule has 2 heterocycles. The Kier molecular flexibility index (Phi) is 4.82. The molecule has 0 aliphatic carbocycles. The number of hydrogen-bond donors (Lipinski definition) is 1. The van der Waals surface area contributed by atoms with Gasteiger partial charge in [0.1, 0.15) is 0 Å². The maximum absolute atomic E-state index is 11.6. The van der Waals surface area contributed by atoms with Crippen molar-refractivity contribution in [2.24, 2.45) is 5.92 Å². The highest BCUT2D eigenvalue weighted by Crippen LogP contribution is 2.20. The largest absolute Gasteiger partial charge is 0.313 e. The number of sulfonamides is 1. The summed E-state index contributed by atoms with van der Waals surface area (Å²) >= 11 is 0. The molecule has 2 unspecified atom stereocenters. The lowest BCUT2D eigenvalue weighted by molar-refractivity contribution is 0.240. The second-order valence-electron chi connectivity index (χ2n) is 5.64. The van der Waals surface area contributed by atoms with E-state index >= 15 is 0 Å². The first-order valence-corrected chi connectivity index (χ1v) is 8.89. The van der Waals surface area contributed by atoms with Crippen molar-refractivity contribution in [1.82, 2.24) is 19.4 Å². The maximum atomic E-state index is 11.6. The monoisotopic (exact) mass is 300 g/mol. The standard InChI is InChI=1S/C13H24N4O2S/c1-11(14-2)13-7-15-16(10-13)8-12-5-4-6-17(9-12)20(3,18)19/h7,10-12,14H,4-6,8-9H2,1-3H3. The van der Waals surface area contributed by atoms with E-state index in [1.165, 1.54) is 6.26 Å². The molecule has 0 aromatic carbocycles. The van der Waals surface area contributed by atoms with Crippen molar-refractivity contribution in [1.29, 1.82) is 0 Å². The van der Waals surface area contributed by atoms with Gasteiger partial charge in [-0.1, -0.05) is 0 Å². The van der Waals surface area contributed by atoms with Crippen molar-refractivity contribution < 1.29 is 8.42 Å². The lowest BCUT2D eigenvalue weighted by atomic mass is 10.00. The highest BCUT2D eigenvalue weighted by Gasteiger charge is 2.26. The van der Waals surface area contributed by atoms with Gasteiger partial charge in [0, 0.05) is 37.4 Å². The Bertz CT molecular complexity index is 540. The maximum Gasteiger partial charge on any atom is 0.211 e. The third-order valence-electron chi connectivity index (χ3n) is 3.98. The minimum absolute atomic E-state index is 0.280. The third kappa shape index (κ3) is 3.80. The molecule has 1 aliphatic heterocycles. The van der Waals surface area contributed by atoms with Gasteiger partial charge in [0.25, 0.3) is 0 Å². The molecular weight excluding hydrogens is 276 g/mol. The topological polar surface area (TPSA) is 67.2 Å². The zero-order chi connectivity index (χ0) is 14.8. The van der Waals surface area contributed by atoms with Gasteiger partial charge >= 0.3 is 0 Å². The van der Waals surface area contributed by atoms with Gasteiger partial charge < -0.3 is 5.32 Å². The lowest BCUT2D eigenvalue weighted by Crippen LogP contribution is -2.40. The van der Waals surface area contributed by atoms with E-state index in [1.807, 2.05) is 24.1 Å². The van der Waals surface area contributed by atoms with Gasteiger partial charge in [0.05, 0.1) is 12.5 Å². The van der Waals surface area contributed by atoms with Crippen LogP contribution >= 0.6 is 0 Å². The van der Waals surface area contributed by atoms with E-state index in [4.69, 9.17) is 0 Å². The molecule has 1 aromatic rings. The van der Waals surface area contributed by atoms with Gasteiger partial charge in [-0.05, 0) is 32.7 Å². The number of hydrogen-bond acceptors (Lipinski definition) is 4. The first-order valence-electron chi connectivity index (χ1n) is 7.05. The molecular formula is C13H24N4O2S. The van der Waals surface area contributed by atoms with Crippen molar-refractivity contribution in [3.05, 3.63) is 18.0 Å². The molecule has 0 saturated carbocycles. The predicted octanol–water partition coefficient (Wildman–Crippen LogP) is 0.835. The average molecular weight is 300 g/mol. The molecule has 7 heteroatoms. The van der Waals surface area contributed by atoms with Crippen LogP contribution in [0.15, 0.2) is 12.4 Å². The van der Waals surface area contributed by atoms with Crippen molar-refractivity contribution in [2.45, 2.75) is 32.4 Å². The molecule has 20 heavy (non-hydrogen) atoms. The molecule has 1 saturated heterocycles. The quantitative estimate of drug-likeness (QED) is 0.875. The summed E-state index contributed by atoms with van der Waals surface area (Å²) in [5.74, 6) is 0.344. The van der Waals surface area contributed by atoms with Crippen LogP contribution in [0.2, 0.25) is 0 Å². The summed E-state index contributed by atoms with van der Waals surface area (Å²) in [6.07, 6.45) is 7.19. The summed E-state index contributed by atoms with van der Waals surface area (Å²) in [7, 11) is -1.15. The summed E-state index contributed by atoms with van der Waals surface area (Å²) in [4.78, 5) is 0. The van der Waals surface area contributed by atoms with E-state index in [0.717, 1.165) is 24.9 Å². The van der Waals surface area contributed by atoms with E-state index < -0.39 is 10.0 Å². The Balaban J connectivity index is 1.98. The van der Waals surface area contributed by atoms with Gasteiger partial charge in [0.15, 0.2) is 0 Å². The van der Waals surface area contributed by atoms with Gasteiger partial charge in [-0.15, -0.1) is 0 Å². The van der Waals surface area contributed by atoms with Crippen molar-refractivity contribution in [3.63, 3.8) is 0 Å². The average Bonchev–Trinajstić information content (AvgIpc) is 2.85. The van der Waals surface area contributed by atoms with E-state index in [-0.39, 0.29) is 6.04 Å². The minimum Gasteiger partial charge on any atom is -0.313 e. The lowest BCUT2D eigenvalue weighted by Gasteiger charge is -2.30. The Morgan fingerprint density at radius 2 is 2.30 bits per heavy atom. The fourth-order valence-electron chi connectivity index (χ4n) is 2.61. The van der Waals surface area contributed by atoms with Gasteiger partial charge in [-0.2, -0.15) is 5.10 Å². The zero-order valence-electron chi connectivity index (χ0n) is 12.4. The highest BCUT2D eigenvalue weighted by atomic mass is 32.2. The van der Waals surface area contributed by atoms with E-state index in [0.29, 0.717) is 19.0 Å². The molecule has 2 rings (SSSR count). The second kappa shape index (κ2) is 6.24. The predicted molar refractivity (Wildman–Crippen MR) is 78.8 cm³/mol. The Hall–Kier alpha value is -0.920. The molecule has 114 valence electrons. The van der Waals surface area contributed by atoms with Crippen molar-refractivity contribution in [2.75, 3.05) is 26.4 Å². The molecule has 0 spiro atoms. The summed E-state index contributed by atoms with van der Waals surface area (Å²) in [6.45, 7) is 4.13. The Labute approximate surface area is 121 Å². The van der Waals surface area contributed by atoms with Crippen LogP contribution < -0.4 is 5.32 Å². The summed E-state index contributed by atoms with van der Waals surface area (Å²) in [5, 5.41) is 7.56. The first kappa shape index (κ1) is 15.5. The van der Waals surface area contributed by atoms with Crippen LogP contribution in [0.4, 0.5) is 0 Å². The first-order chi connectivity index (χ1) is 9.40. The Morgan fingerprint density at radius 1 is 1.55 bits per heavy atom. The fraction of sp³-hybridized carbons (Fsp3) is 0.769. The van der Waals surface area contributed by atoms with Crippen LogP contribution in [0.1, 0.15) is 31.4 Å². The van der Waals surface area contributed by atoms with Crippen LogP contribution in [0.25, 0.3) is 0 Å². The van der Waals surface area contributed by atoms with Crippen molar-refractivity contribution in [3.8, 4) is 0 Å². The zero-order valence-corrected chi connectivity index (χ0v) is 13.2. The molecule has 1 aromatic heterocycles. The number of nitrogens with zero attached hydrogens (tertiary/aromatic N) is 3. The molecule has 1 N–H and O–H groups in total. The van der Waals surface area contributed by atoms with Crippen LogP contribution in [0.5, 0.6) is 0 Å². The number of piperidine rings is 1. The van der Waals surface area contributed by atoms with Crippen LogP contribution in [-0.2, 0) is 16.6 Å². The summed E-state index contributed by atoms with van der Waals surface area (Å²) in [5.41, 5.74) is 1.16. The second-order valence-corrected chi connectivity index (χ2v) is 7.62. The normalized spacial score (nSPS) is 22.9. The van der Waals surface area contributed by atoms with Crippen molar-refractivity contribution >= 4 is 10.0 Å². The van der Waals surface area contributed by atoms with Gasteiger partial charge in [0.2, 0.25) is 10.0 Å². The molecule has 0 radical (unpaired) electrons. The molecule has 0 bridgehead atoms. The molecule has 0 amide bonds. The minimum atomic E-state index is -3.07. The van der Waals surface area contributed by atoms with E-state index in [2.05, 4.69) is 17.3 Å². The molecule has 6 nitrogen and oxygen atoms in total. The molecule has 1 aliphatic rings. The SMILES string of the molecule is CNC(C)c1cnn(CC2CCCN(S(C)(=O)=O)C2)c1. The fourth-order valence-corrected chi connectivity index (χ4v) is 3.55. The van der Waals surface area contributed by atoms with E-state index in [9.17, 15) is 8.42 Å².